The molecular weight excluding hydrogens is 383 g/mol. The Balaban J connectivity index is 2.90. The normalized spacial score (nSPS) is 11.1. The van der Waals surface area contributed by atoms with Crippen LogP contribution >= 0.6 is 22.6 Å². The van der Waals surface area contributed by atoms with Gasteiger partial charge in [-0.2, -0.15) is 0 Å². The van der Waals surface area contributed by atoms with E-state index < -0.39 is 0 Å². The molecule has 21 heavy (non-hydrogen) atoms. The van der Waals surface area contributed by atoms with Crippen LogP contribution in [-0.2, 0) is 18.9 Å². The fourth-order valence-corrected chi connectivity index (χ4v) is 2.20. The van der Waals surface area contributed by atoms with Gasteiger partial charge in [0.05, 0.1) is 39.6 Å². The van der Waals surface area contributed by atoms with Crippen LogP contribution in [0.2, 0.25) is 0 Å². The molecule has 0 saturated heterocycles. The summed E-state index contributed by atoms with van der Waals surface area (Å²) in [4.78, 5) is 0. The van der Waals surface area contributed by atoms with Crippen molar-refractivity contribution in [2.24, 2.45) is 0 Å². The first-order chi connectivity index (χ1) is 10.4. The van der Waals surface area contributed by atoms with Gasteiger partial charge >= 0.3 is 0 Å². The third-order valence-electron chi connectivity index (χ3n) is 2.93. The zero-order chi connectivity index (χ0) is 15.4. The van der Waals surface area contributed by atoms with Crippen LogP contribution in [-0.4, -0.2) is 57.3 Å². The van der Waals surface area contributed by atoms with Gasteiger partial charge in [0.15, 0.2) is 0 Å². The highest BCUT2D eigenvalue weighted by atomic mass is 127. The average molecular weight is 416 g/mol. The highest BCUT2D eigenvalue weighted by Gasteiger charge is 1.93. The lowest BCUT2D eigenvalue weighted by atomic mass is 10.2. The third kappa shape index (κ3) is 20.6. The number of ether oxygens (including phenoxy) is 4. The summed E-state index contributed by atoms with van der Waals surface area (Å²) >= 11 is 2.42. The van der Waals surface area contributed by atoms with Crippen LogP contribution in [0.5, 0.6) is 0 Å². The molecule has 0 aromatic carbocycles. The molecule has 0 aliphatic heterocycles. The first-order valence-corrected chi connectivity index (χ1v) is 9.81. The molecule has 0 aliphatic rings. The number of halogens is 1. The summed E-state index contributed by atoms with van der Waals surface area (Å²) in [5, 5.41) is 0. The van der Waals surface area contributed by atoms with Gasteiger partial charge in [0.2, 0.25) is 0 Å². The minimum atomic E-state index is 0.632. The standard InChI is InChI=1S/C16H33IO4/c1-2-3-9-18-11-13-20-15-16-21-14-12-19-10-7-5-4-6-8-17/h2-16H2,1H3. The van der Waals surface area contributed by atoms with Gasteiger partial charge in [0, 0.05) is 13.2 Å². The third-order valence-corrected chi connectivity index (χ3v) is 3.69. The molecule has 0 unspecified atom stereocenters. The number of unbranched alkanes of at least 4 members (excludes halogenated alkanes) is 4. The minimum absolute atomic E-state index is 0.632. The van der Waals surface area contributed by atoms with Gasteiger partial charge in [0.25, 0.3) is 0 Å². The molecule has 0 heterocycles. The van der Waals surface area contributed by atoms with Crippen molar-refractivity contribution in [2.75, 3.05) is 57.3 Å². The van der Waals surface area contributed by atoms with Crippen molar-refractivity contribution in [1.82, 2.24) is 0 Å². The second-order valence-corrected chi connectivity index (χ2v) is 5.98. The number of rotatable bonds is 18. The van der Waals surface area contributed by atoms with Gasteiger partial charge in [-0.15, -0.1) is 0 Å². The summed E-state index contributed by atoms with van der Waals surface area (Å²) in [7, 11) is 0. The maximum absolute atomic E-state index is 5.51. The summed E-state index contributed by atoms with van der Waals surface area (Å²) in [6.07, 6.45) is 7.39. The summed E-state index contributed by atoms with van der Waals surface area (Å²) in [5.41, 5.74) is 0. The molecule has 0 N–H and O–H groups in total. The number of hydrogen-bond donors (Lipinski definition) is 0. The van der Waals surface area contributed by atoms with Gasteiger partial charge in [-0.05, 0) is 23.7 Å². The molecule has 0 aromatic rings. The van der Waals surface area contributed by atoms with E-state index in [-0.39, 0.29) is 0 Å². The molecule has 0 spiro atoms. The van der Waals surface area contributed by atoms with E-state index in [0.29, 0.717) is 39.6 Å². The first-order valence-electron chi connectivity index (χ1n) is 8.28. The molecule has 5 heteroatoms. The Bertz CT molecular complexity index is 164. The van der Waals surface area contributed by atoms with Crippen molar-refractivity contribution in [1.29, 1.82) is 0 Å². The highest BCUT2D eigenvalue weighted by Crippen LogP contribution is 2.02. The maximum Gasteiger partial charge on any atom is 0.0701 e. The Morgan fingerprint density at radius 1 is 0.524 bits per heavy atom. The van der Waals surface area contributed by atoms with Gasteiger partial charge < -0.3 is 18.9 Å². The lowest BCUT2D eigenvalue weighted by Crippen LogP contribution is -2.12. The van der Waals surface area contributed by atoms with Crippen molar-refractivity contribution in [3.63, 3.8) is 0 Å². The summed E-state index contributed by atoms with van der Waals surface area (Å²) in [5.74, 6) is 0. The maximum atomic E-state index is 5.51. The molecule has 0 fully saturated rings. The Labute approximate surface area is 144 Å². The van der Waals surface area contributed by atoms with E-state index in [2.05, 4.69) is 29.5 Å². The molecule has 0 atom stereocenters. The zero-order valence-corrected chi connectivity index (χ0v) is 15.8. The Morgan fingerprint density at radius 2 is 0.952 bits per heavy atom. The Hall–Kier alpha value is 0.570. The number of alkyl halides is 1. The van der Waals surface area contributed by atoms with Crippen molar-refractivity contribution in [3.8, 4) is 0 Å². The topological polar surface area (TPSA) is 36.9 Å². The van der Waals surface area contributed by atoms with Gasteiger partial charge in [-0.1, -0.05) is 48.8 Å². The van der Waals surface area contributed by atoms with Gasteiger partial charge in [-0.3, -0.25) is 0 Å². The lowest BCUT2D eigenvalue weighted by Gasteiger charge is -2.07. The predicted molar refractivity (Wildman–Crippen MR) is 95.5 cm³/mol. The molecule has 0 bridgehead atoms. The van der Waals surface area contributed by atoms with Crippen molar-refractivity contribution in [3.05, 3.63) is 0 Å². The van der Waals surface area contributed by atoms with E-state index in [0.717, 1.165) is 26.1 Å². The molecule has 0 amide bonds. The van der Waals surface area contributed by atoms with Crippen LogP contribution in [0.4, 0.5) is 0 Å². The fraction of sp³-hybridized carbons (Fsp3) is 1.00. The van der Waals surface area contributed by atoms with E-state index in [1.807, 2.05) is 0 Å². The average Bonchev–Trinajstić information content (AvgIpc) is 2.50. The largest absolute Gasteiger partial charge is 0.379 e. The van der Waals surface area contributed by atoms with E-state index in [9.17, 15) is 0 Å². The quantitative estimate of drug-likeness (QED) is 0.193. The van der Waals surface area contributed by atoms with Crippen LogP contribution < -0.4 is 0 Å². The summed E-state index contributed by atoms with van der Waals surface area (Å²) in [6, 6.07) is 0. The first kappa shape index (κ1) is 21.6. The molecule has 4 nitrogen and oxygen atoms in total. The van der Waals surface area contributed by atoms with Crippen LogP contribution in [0, 0.1) is 0 Å². The van der Waals surface area contributed by atoms with Crippen LogP contribution in [0.3, 0.4) is 0 Å². The molecule has 0 aliphatic carbocycles. The van der Waals surface area contributed by atoms with Crippen LogP contribution in [0.25, 0.3) is 0 Å². The molecular formula is C16H33IO4. The lowest BCUT2D eigenvalue weighted by molar-refractivity contribution is -0.00237. The summed E-state index contributed by atoms with van der Waals surface area (Å²) in [6.45, 7) is 7.80. The number of hydrogen-bond acceptors (Lipinski definition) is 4. The van der Waals surface area contributed by atoms with Gasteiger partial charge in [0.1, 0.15) is 0 Å². The van der Waals surface area contributed by atoms with E-state index in [4.69, 9.17) is 18.9 Å². The van der Waals surface area contributed by atoms with E-state index in [1.54, 1.807) is 0 Å². The van der Waals surface area contributed by atoms with Crippen molar-refractivity contribution < 1.29 is 18.9 Å². The molecule has 0 radical (unpaired) electrons. The molecule has 0 saturated carbocycles. The molecule has 0 rings (SSSR count). The zero-order valence-electron chi connectivity index (χ0n) is 13.6. The second kappa shape index (κ2) is 20.6. The van der Waals surface area contributed by atoms with Crippen molar-refractivity contribution >= 4 is 22.6 Å². The van der Waals surface area contributed by atoms with E-state index in [1.165, 1.54) is 30.1 Å². The monoisotopic (exact) mass is 416 g/mol. The van der Waals surface area contributed by atoms with Crippen molar-refractivity contribution in [2.45, 2.75) is 45.4 Å². The Kier molecular flexibility index (Phi) is 21.1. The van der Waals surface area contributed by atoms with Gasteiger partial charge in [-0.25, -0.2) is 0 Å². The van der Waals surface area contributed by atoms with Crippen LogP contribution in [0.15, 0.2) is 0 Å². The Morgan fingerprint density at radius 3 is 1.43 bits per heavy atom. The van der Waals surface area contributed by atoms with Crippen LogP contribution in [0.1, 0.15) is 45.4 Å². The molecule has 0 aromatic heterocycles. The smallest absolute Gasteiger partial charge is 0.0701 e. The second-order valence-electron chi connectivity index (χ2n) is 4.91. The van der Waals surface area contributed by atoms with E-state index >= 15 is 0 Å². The minimum Gasteiger partial charge on any atom is -0.379 e. The SMILES string of the molecule is CCCCOCCOCCOCCOCCCCCCI. The highest BCUT2D eigenvalue weighted by molar-refractivity contribution is 14.1. The molecule has 128 valence electrons. The predicted octanol–water partition coefficient (Wildman–Crippen LogP) is 3.85. The fourth-order valence-electron chi connectivity index (χ4n) is 1.66. The summed E-state index contributed by atoms with van der Waals surface area (Å²) < 4.78 is 23.0.